The van der Waals surface area contributed by atoms with Crippen molar-refractivity contribution in [3.63, 3.8) is 0 Å². The summed E-state index contributed by atoms with van der Waals surface area (Å²) >= 11 is 0. The lowest BCUT2D eigenvalue weighted by molar-refractivity contribution is -0.134. The molecule has 0 spiro atoms. The Labute approximate surface area is 167 Å². The summed E-state index contributed by atoms with van der Waals surface area (Å²) in [4.78, 5) is 21.5. The van der Waals surface area contributed by atoms with Crippen molar-refractivity contribution in [2.75, 3.05) is 66.7 Å². The van der Waals surface area contributed by atoms with Crippen molar-refractivity contribution in [1.29, 1.82) is 0 Å². The Morgan fingerprint density at radius 1 is 1.11 bits per heavy atom. The molecule has 1 amide bonds. The number of ether oxygens (including phenoxy) is 2. The fourth-order valence-electron chi connectivity index (χ4n) is 4.43. The van der Waals surface area contributed by atoms with Crippen molar-refractivity contribution in [2.45, 2.75) is 25.4 Å². The maximum atomic E-state index is 12.4. The second-order valence-electron chi connectivity index (χ2n) is 8.37. The van der Waals surface area contributed by atoms with Gasteiger partial charge in [-0.25, -0.2) is 0 Å². The maximum Gasteiger partial charge on any atom is 0.236 e. The molecule has 7 nitrogen and oxygen atoms in total. The van der Waals surface area contributed by atoms with Crippen molar-refractivity contribution >= 4 is 5.91 Å². The van der Waals surface area contributed by atoms with Gasteiger partial charge in [0.25, 0.3) is 0 Å². The Hall–Kier alpha value is -1.83. The van der Waals surface area contributed by atoms with Gasteiger partial charge in [-0.05, 0) is 44.6 Å². The Bertz CT molecular complexity index is 688. The fraction of sp³-hybridized carbons (Fsp3) is 0.667. The first-order valence-electron chi connectivity index (χ1n) is 10.4. The number of amides is 1. The number of carbonyl (C=O) groups excluding carboxylic acids is 1. The molecule has 0 N–H and O–H groups in total. The zero-order valence-electron chi connectivity index (χ0n) is 17.1. The van der Waals surface area contributed by atoms with E-state index in [1.54, 1.807) is 0 Å². The second-order valence-corrected chi connectivity index (χ2v) is 8.37. The van der Waals surface area contributed by atoms with E-state index in [0.29, 0.717) is 19.4 Å². The summed E-state index contributed by atoms with van der Waals surface area (Å²) in [7, 11) is 3.91. The lowest BCUT2D eigenvalue weighted by atomic mass is 10.0. The van der Waals surface area contributed by atoms with E-state index in [0.717, 1.165) is 63.7 Å². The summed E-state index contributed by atoms with van der Waals surface area (Å²) in [5.74, 6) is 1.97. The van der Waals surface area contributed by atoms with Crippen LogP contribution in [0.15, 0.2) is 18.2 Å². The van der Waals surface area contributed by atoms with Gasteiger partial charge in [0.1, 0.15) is 0 Å². The molecule has 3 aliphatic rings. The molecular formula is C21H32N4O3. The number of hydrogen-bond acceptors (Lipinski definition) is 6. The van der Waals surface area contributed by atoms with Gasteiger partial charge in [0.15, 0.2) is 11.5 Å². The SMILES string of the molecule is CN(C)CC(=O)N1CCC[C@@H](N2CCN(Cc3ccc4c(c3)OCO4)CC2)C1. The van der Waals surface area contributed by atoms with Gasteiger partial charge in [-0.15, -0.1) is 0 Å². The number of likely N-dealkylation sites (N-methyl/N-ethyl adjacent to an activating group) is 1. The first-order valence-corrected chi connectivity index (χ1v) is 10.4. The number of likely N-dealkylation sites (tertiary alicyclic amines) is 1. The van der Waals surface area contributed by atoms with Gasteiger partial charge in [-0.2, -0.15) is 0 Å². The van der Waals surface area contributed by atoms with E-state index < -0.39 is 0 Å². The average Bonchev–Trinajstić information content (AvgIpc) is 3.16. The van der Waals surface area contributed by atoms with E-state index in [1.807, 2.05) is 25.1 Å². The van der Waals surface area contributed by atoms with E-state index in [9.17, 15) is 4.79 Å². The quantitative estimate of drug-likeness (QED) is 0.753. The van der Waals surface area contributed by atoms with Crippen LogP contribution >= 0.6 is 0 Å². The molecule has 1 aromatic carbocycles. The predicted octanol–water partition coefficient (Wildman–Crippen LogP) is 1.09. The van der Waals surface area contributed by atoms with Crippen LogP contribution in [0.2, 0.25) is 0 Å². The van der Waals surface area contributed by atoms with Gasteiger partial charge < -0.3 is 19.3 Å². The first-order chi connectivity index (χ1) is 13.6. The van der Waals surface area contributed by atoms with Gasteiger partial charge in [-0.1, -0.05) is 6.07 Å². The van der Waals surface area contributed by atoms with Crippen molar-refractivity contribution in [1.82, 2.24) is 19.6 Å². The Kier molecular flexibility index (Phi) is 6.04. The van der Waals surface area contributed by atoms with Crippen molar-refractivity contribution < 1.29 is 14.3 Å². The predicted molar refractivity (Wildman–Crippen MR) is 108 cm³/mol. The summed E-state index contributed by atoms with van der Waals surface area (Å²) in [5.41, 5.74) is 1.27. The topological polar surface area (TPSA) is 48.5 Å². The molecule has 0 bridgehead atoms. The molecule has 2 saturated heterocycles. The molecule has 3 aliphatic heterocycles. The Balaban J connectivity index is 1.26. The van der Waals surface area contributed by atoms with Gasteiger partial charge in [0.05, 0.1) is 6.54 Å². The van der Waals surface area contributed by atoms with E-state index >= 15 is 0 Å². The van der Waals surface area contributed by atoms with Gasteiger partial charge >= 0.3 is 0 Å². The normalized spacial score (nSPS) is 23.4. The smallest absolute Gasteiger partial charge is 0.236 e. The molecule has 4 rings (SSSR count). The fourth-order valence-corrected chi connectivity index (χ4v) is 4.43. The van der Waals surface area contributed by atoms with Crippen LogP contribution in [-0.2, 0) is 11.3 Å². The minimum atomic E-state index is 0.260. The van der Waals surface area contributed by atoms with Crippen LogP contribution in [0.25, 0.3) is 0 Å². The summed E-state index contributed by atoms with van der Waals surface area (Å²) in [5, 5.41) is 0. The molecule has 7 heteroatoms. The zero-order chi connectivity index (χ0) is 19.5. The highest BCUT2D eigenvalue weighted by atomic mass is 16.7. The molecule has 0 aliphatic carbocycles. The minimum absolute atomic E-state index is 0.260. The Morgan fingerprint density at radius 2 is 1.89 bits per heavy atom. The number of nitrogens with zero attached hydrogens (tertiary/aromatic N) is 4. The second kappa shape index (κ2) is 8.68. The van der Waals surface area contributed by atoms with Crippen LogP contribution in [0.3, 0.4) is 0 Å². The van der Waals surface area contributed by atoms with Crippen molar-refractivity contribution in [2.24, 2.45) is 0 Å². The molecule has 2 fully saturated rings. The number of fused-ring (bicyclic) bond motifs is 1. The summed E-state index contributed by atoms with van der Waals surface area (Å²) in [6.07, 6.45) is 2.31. The molecule has 1 aromatic rings. The number of piperidine rings is 1. The molecule has 28 heavy (non-hydrogen) atoms. The van der Waals surface area contributed by atoms with Crippen LogP contribution in [0.1, 0.15) is 18.4 Å². The molecule has 0 radical (unpaired) electrons. The van der Waals surface area contributed by atoms with Crippen LogP contribution in [-0.4, -0.2) is 98.3 Å². The number of carbonyl (C=O) groups is 1. The summed E-state index contributed by atoms with van der Waals surface area (Å²) in [6, 6.07) is 6.75. The lowest BCUT2D eigenvalue weighted by Crippen LogP contribution is -2.56. The third-order valence-corrected chi connectivity index (χ3v) is 5.97. The third-order valence-electron chi connectivity index (χ3n) is 5.97. The van der Waals surface area contributed by atoms with E-state index in [-0.39, 0.29) is 5.91 Å². The van der Waals surface area contributed by atoms with Gasteiger partial charge in [-0.3, -0.25) is 14.6 Å². The highest BCUT2D eigenvalue weighted by Gasteiger charge is 2.30. The van der Waals surface area contributed by atoms with Gasteiger partial charge in [0.2, 0.25) is 12.7 Å². The summed E-state index contributed by atoms with van der Waals surface area (Å²) in [6.45, 7) is 7.86. The highest BCUT2D eigenvalue weighted by molar-refractivity contribution is 5.78. The number of piperazine rings is 1. The standard InChI is InChI=1S/C21H32N4O3/c1-22(2)15-21(26)25-7-3-4-18(14-25)24-10-8-23(9-11-24)13-17-5-6-19-20(12-17)28-16-27-19/h5-6,12,18H,3-4,7-11,13-16H2,1-2H3/t18-/m1/s1. The van der Waals surface area contributed by atoms with E-state index in [4.69, 9.17) is 9.47 Å². The first kappa shape index (κ1) is 19.5. The molecule has 0 saturated carbocycles. The summed E-state index contributed by atoms with van der Waals surface area (Å²) < 4.78 is 10.9. The molecular weight excluding hydrogens is 356 g/mol. The minimum Gasteiger partial charge on any atom is -0.454 e. The average molecular weight is 389 g/mol. The molecule has 3 heterocycles. The number of benzene rings is 1. The highest BCUT2D eigenvalue weighted by Crippen LogP contribution is 2.33. The zero-order valence-corrected chi connectivity index (χ0v) is 17.1. The molecule has 154 valence electrons. The monoisotopic (exact) mass is 388 g/mol. The molecule has 0 aromatic heterocycles. The Morgan fingerprint density at radius 3 is 2.68 bits per heavy atom. The van der Waals surface area contributed by atoms with Crippen LogP contribution < -0.4 is 9.47 Å². The van der Waals surface area contributed by atoms with Crippen molar-refractivity contribution in [3.05, 3.63) is 23.8 Å². The maximum absolute atomic E-state index is 12.4. The number of hydrogen-bond donors (Lipinski definition) is 0. The largest absolute Gasteiger partial charge is 0.454 e. The van der Waals surface area contributed by atoms with Crippen LogP contribution in [0, 0.1) is 0 Å². The van der Waals surface area contributed by atoms with E-state index in [1.165, 1.54) is 12.0 Å². The number of rotatable bonds is 5. The van der Waals surface area contributed by atoms with E-state index in [2.05, 4.69) is 26.8 Å². The lowest BCUT2D eigenvalue weighted by Gasteiger charge is -2.43. The van der Waals surface area contributed by atoms with Crippen LogP contribution in [0.4, 0.5) is 0 Å². The van der Waals surface area contributed by atoms with Crippen LogP contribution in [0.5, 0.6) is 11.5 Å². The molecule has 0 unspecified atom stereocenters. The third kappa shape index (κ3) is 4.59. The van der Waals surface area contributed by atoms with Gasteiger partial charge in [0, 0.05) is 51.9 Å². The van der Waals surface area contributed by atoms with Crippen molar-refractivity contribution in [3.8, 4) is 11.5 Å². The molecule has 1 atom stereocenters.